The van der Waals surface area contributed by atoms with Crippen molar-refractivity contribution in [1.29, 1.82) is 0 Å². The smallest absolute Gasteiger partial charge is 0.0897 e. The van der Waals surface area contributed by atoms with Crippen LogP contribution >= 0.6 is 0 Å². The predicted molar refractivity (Wildman–Crippen MR) is 57.3 cm³/mol. The summed E-state index contributed by atoms with van der Waals surface area (Å²) in [5.41, 5.74) is 0. The standard InChI is InChI=1S/C11H23NO2/c1-3-14-8-10(13)7-12-11-6-4-5-9(11)2/h9-13H,3-8H2,1-2H3. The Hall–Kier alpha value is -0.120. The molecule has 0 aliphatic heterocycles. The minimum atomic E-state index is -0.359. The van der Waals surface area contributed by atoms with Crippen LogP contribution in [0.5, 0.6) is 0 Å². The third kappa shape index (κ3) is 3.95. The molecule has 0 saturated heterocycles. The van der Waals surface area contributed by atoms with Gasteiger partial charge >= 0.3 is 0 Å². The van der Waals surface area contributed by atoms with Crippen molar-refractivity contribution in [2.75, 3.05) is 19.8 Å². The summed E-state index contributed by atoms with van der Waals surface area (Å²) in [6.45, 7) is 6.01. The Balaban J connectivity index is 2.07. The zero-order chi connectivity index (χ0) is 10.4. The number of aliphatic hydroxyl groups excluding tert-OH is 1. The minimum absolute atomic E-state index is 0.359. The number of nitrogens with one attached hydrogen (secondary N) is 1. The summed E-state index contributed by atoms with van der Waals surface area (Å²) in [5.74, 6) is 0.759. The number of hydrogen-bond donors (Lipinski definition) is 2. The fourth-order valence-corrected chi connectivity index (χ4v) is 2.05. The fraction of sp³-hybridized carbons (Fsp3) is 1.00. The summed E-state index contributed by atoms with van der Waals surface area (Å²) < 4.78 is 5.15. The monoisotopic (exact) mass is 201 g/mol. The second kappa shape index (κ2) is 6.38. The second-order valence-corrected chi connectivity index (χ2v) is 4.24. The van der Waals surface area contributed by atoms with Gasteiger partial charge in [-0.05, 0) is 25.7 Å². The first-order chi connectivity index (χ1) is 6.74. The van der Waals surface area contributed by atoms with Gasteiger partial charge in [0.15, 0.2) is 0 Å². The van der Waals surface area contributed by atoms with Crippen molar-refractivity contribution in [2.45, 2.75) is 45.3 Å². The Morgan fingerprint density at radius 3 is 2.86 bits per heavy atom. The van der Waals surface area contributed by atoms with Crippen molar-refractivity contribution in [2.24, 2.45) is 5.92 Å². The molecule has 1 saturated carbocycles. The van der Waals surface area contributed by atoms with Gasteiger partial charge in [0.05, 0.1) is 12.7 Å². The van der Waals surface area contributed by atoms with E-state index in [-0.39, 0.29) is 6.10 Å². The van der Waals surface area contributed by atoms with Gasteiger partial charge in [-0.1, -0.05) is 13.3 Å². The van der Waals surface area contributed by atoms with Crippen LogP contribution in [-0.4, -0.2) is 37.0 Å². The Labute approximate surface area is 86.8 Å². The molecule has 3 nitrogen and oxygen atoms in total. The zero-order valence-electron chi connectivity index (χ0n) is 9.33. The van der Waals surface area contributed by atoms with Crippen LogP contribution in [0.2, 0.25) is 0 Å². The maximum absolute atomic E-state index is 9.54. The van der Waals surface area contributed by atoms with Crippen LogP contribution in [0, 0.1) is 5.92 Å². The van der Waals surface area contributed by atoms with Crippen LogP contribution < -0.4 is 5.32 Å². The maximum atomic E-state index is 9.54. The lowest BCUT2D eigenvalue weighted by atomic mass is 10.1. The van der Waals surface area contributed by atoms with Gasteiger partial charge in [0.25, 0.3) is 0 Å². The summed E-state index contributed by atoms with van der Waals surface area (Å²) in [7, 11) is 0. The molecule has 0 aromatic carbocycles. The van der Waals surface area contributed by atoms with E-state index in [2.05, 4.69) is 12.2 Å². The van der Waals surface area contributed by atoms with E-state index in [9.17, 15) is 5.11 Å². The highest BCUT2D eigenvalue weighted by Crippen LogP contribution is 2.24. The highest BCUT2D eigenvalue weighted by Gasteiger charge is 2.23. The lowest BCUT2D eigenvalue weighted by Gasteiger charge is -2.19. The fourth-order valence-electron chi connectivity index (χ4n) is 2.05. The highest BCUT2D eigenvalue weighted by atomic mass is 16.5. The van der Waals surface area contributed by atoms with Crippen molar-refractivity contribution in [1.82, 2.24) is 5.32 Å². The summed E-state index contributed by atoms with van der Waals surface area (Å²) >= 11 is 0. The number of rotatable bonds is 6. The molecule has 0 spiro atoms. The van der Waals surface area contributed by atoms with E-state index in [4.69, 9.17) is 4.74 Å². The van der Waals surface area contributed by atoms with E-state index >= 15 is 0 Å². The molecule has 3 unspecified atom stereocenters. The van der Waals surface area contributed by atoms with Crippen molar-refractivity contribution in [3.8, 4) is 0 Å². The number of ether oxygens (including phenoxy) is 1. The SMILES string of the molecule is CCOCC(O)CNC1CCCC1C. The van der Waals surface area contributed by atoms with Gasteiger partial charge in [-0.25, -0.2) is 0 Å². The third-order valence-corrected chi connectivity index (χ3v) is 2.99. The quantitative estimate of drug-likeness (QED) is 0.677. The van der Waals surface area contributed by atoms with Crippen molar-refractivity contribution >= 4 is 0 Å². The third-order valence-electron chi connectivity index (χ3n) is 2.99. The molecule has 1 aliphatic rings. The van der Waals surface area contributed by atoms with Crippen molar-refractivity contribution < 1.29 is 9.84 Å². The van der Waals surface area contributed by atoms with Gasteiger partial charge in [0.2, 0.25) is 0 Å². The Bertz CT molecular complexity index is 152. The van der Waals surface area contributed by atoms with Gasteiger partial charge in [-0.3, -0.25) is 0 Å². The lowest BCUT2D eigenvalue weighted by Crippen LogP contribution is -2.38. The van der Waals surface area contributed by atoms with Gasteiger partial charge in [0, 0.05) is 19.2 Å². The van der Waals surface area contributed by atoms with E-state index in [0.717, 1.165) is 5.92 Å². The summed E-state index contributed by atoms with van der Waals surface area (Å²) in [5, 5.41) is 12.9. The Kier molecular flexibility index (Phi) is 5.45. The molecule has 0 bridgehead atoms. The van der Waals surface area contributed by atoms with Crippen LogP contribution in [0.1, 0.15) is 33.1 Å². The van der Waals surface area contributed by atoms with Gasteiger partial charge in [0.1, 0.15) is 0 Å². The summed E-state index contributed by atoms with van der Waals surface area (Å²) in [6.07, 6.45) is 3.53. The van der Waals surface area contributed by atoms with Crippen molar-refractivity contribution in [3.63, 3.8) is 0 Å². The molecule has 0 aromatic rings. The van der Waals surface area contributed by atoms with E-state index < -0.39 is 0 Å². The molecule has 1 fully saturated rings. The first-order valence-corrected chi connectivity index (χ1v) is 5.73. The topological polar surface area (TPSA) is 41.5 Å². The van der Waals surface area contributed by atoms with E-state index in [1.165, 1.54) is 19.3 Å². The lowest BCUT2D eigenvalue weighted by molar-refractivity contribution is 0.0408. The molecule has 14 heavy (non-hydrogen) atoms. The van der Waals surface area contributed by atoms with E-state index in [0.29, 0.717) is 25.8 Å². The molecular formula is C11H23NO2. The summed E-state index contributed by atoms with van der Waals surface area (Å²) in [6, 6.07) is 0.603. The Morgan fingerprint density at radius 1 is 1.50 bits per heavy atom. The number of hydrogen-bond acceptors (Lipinski definition) is 3. The van der Waals surface area contributed by atoms with E-state index in [1.54, 1.807) is 0 Å². The Morgan fingerprint density at radius 2 is 2.29 bits per heavy atom. The maximum Gasteiger partial charge on any atom is 0.0897 e. The average molecular weight is 201 g/mol. The number of aliphatic hydroxyl groups is 1. The molecule has 1 aliphatic carbocycles. The van der Waals surface area contributed by atoms with Crippen LogP contribution in [0.15, 0.2) is 0 Å². The molecule has 2 N–H and O–H groups in total. The van der Waals surface area contributed by atoms with Gasteiger partial charge in [-0.2, -0.15) is 0 Å². The van der Waals surface area contributed by atoms with Crippen LogP contribution in [0.3, 0.4) is 0 Å². The molecule has 3 heteroatoms. The first kappa shape index (κ1) is 12.0. The first-order valence-electron chi connectivity index (χ1n) is 5.73. The van der Waals surface area contributed by atoms with Crippen LogP contribution in [0.4, 0.5) is 0 Å². The van der Waals surface area contributed by atoms with Gasteiger partial charge < -0.3 is 15.2 Å². The predicted octanol–water partition coefficient (Wildman–Crippen LogP) is 1.16. The molecule has 84 valence electrons. The zero-order valence-corrected chi connectivity index (χ0v) is 9.33. The van der Waals surface area contributed by atoms with Crippen molar-refractivity contribution in [3.05, 3.63) is 0 Å². The molecule has 0 heterocycles. The average Bonchev–Trinajstić information content (AvgIpc) is 2.58. The molecule has 0 amide bonds. The van der Waals surface area contributed by atoms with Crippen LogP contribution in [-0.2, 0) is 4.74 Å². The van der Waals surface area contributed by atoms with Gasteiger partial charge in [-0.15, -0.1) is 0 Å². The summed E-state index contributed by atoms with van der Waals surface area (Å²) in [4.78, 5) is 0. The molecule has 1 rings (SSSR count). The largest absolute Gasteiger partial charge is 0.389 e. The second-order valence-electron chi connectivity index (χ2n) is 4.24. The highest BCUT2D eigenvalue weighted by molar-refractivity contribution is 4.80. The molecule has 3 atom stereocenters. The molecule has 0 aromatic heterocycles. The minimum Gasteiger partial charge on any atom is -0.389 e. The van der Waals surface area contributed by atoms with Crippen LogP contribution in [0.25, 0.3) is 0 Å². The normalized spacial score (nSPS) is 29.4. The molecule has 0 radical (unpaired) electrons. The van der Waals surface area contributed by atoms with E-state index in [1.807, 2.05) is 6.92 Å². The molecular weight excluding hydrogens is 178 g/mol.